The van der Waals surface area contributed by atoms with Crippen LogP contribution in [0.5, 0.6) is 0 Å². The molecule has 1 fully saturated rings. The van der Waals surface area contributed by atoms with Crippen LogP contribution in [-0.4, -0.2) is 23.4 Å². The van der Waals surface area contributed by atoms with Gasteiger partial charge in [0.15, 0.2) is 0 Å². The highest BCUT2D eigenvalue weighted by atomic mass is 35.5. The van der Waals surface area contributed by atoms with E-state index in [0.717, 1.165) is 32.0 Å². The molecule has 0 atom stereocenters. The fourth-order valence-electron chi connectivity index (χ4n) is 1.95. The molecule has 1 aromatic rings. The van der Waals surface area contributed by atoms with Crippen molar-refractivity contribution in [2.45, 2.75) is 24.8 Å². The molecule has 16 heavy (non-hydrogen) atoms. The van der Waals surface area contributed by atoms with Gasteiger partial charge in [-0.05, 0) is 32.0 Å². The van der Waals surface area contributed by atoms with Crippen molar-refractivity contribution in [3.8, 4) is 0 Å². The Hall–Kier alpha value is -0.670. The van der Waals surface area contributed by atoms with Crippen LogP contribution in [0.3, 0.4) is 0 Å². The molecule has 0 N–H and O–H groups in total. The van der Waals surface area contributed by atoms with E-state index in [1.54, 1.807) is 0 Å². The zero-order chi connectivity index (χ0) is 11.5. The number of piperidine rings is 1. The van der Waals surface area contributed by atoms with Gasteiger partial charge in [-0.25, -0.2) is 8.78 Å². The summed E-state index contributed by atoms with van der Waals surface area (Å²) in [6.45, 7) is 2.30. The zero-order valence-corrected chi connectivity index (χ0v) is 9.68. The van der Waals surface area contributed by atoms with Crippen molar-refractivity contribution in [1.82, 2.24) is 4.90 Å². The molecule has 0 aliphatic carbocycles. The molecule has 4 heteroatoms. The van der Waals surface area contributed by atoms with Crippen LogP contribution in [0.1, 0.15) is 18.4 Å². The van der Waals surface area contributed by atoms with E-state index in [4.69, 9.17) is 11.6 Å². The van der Waals surface area contributed by atoms with Crippen molar-refractivity contribution in [1.29, 1.82) is 0 Å². The number of benzene rings is 1. The third-order valence-corrected chi connectivity index (χ3v) is 3.36. The second-order valence-corrected chi connectivity index (χ2v) is 4.80. The van der Waals surface area contributed by atoms with Gasteiger partial charge in [-0.15, -0.1) is 11.6 Å². The minimum Gasteiger partial charge on any atom is -0.299 e. The number of nitrogens with zero attached hydrogens (tertiary/aromatic N) is 1. The van der Waals surface area contributed by atoms with Gasteiger partial charge < -0.3 is 0 Å². The summed E-state index contributed by atoms with van der Waals surface area (Å²) in [5, 5.41) is 0.245. The highest BCUT2D eigenvalue weighted by Crippen LogP contribution is 2.19. The van der Waals surface area contributed by atoms with Gasteiger partial charge in [-0.2, -0.15) is 0 Å². The van der Waals surface area contributed by atoms with E-state index < -0.39 is 11.6 Å². The van der Waals surface area contributed by atoms with Crippen LogP contribution in [0.15, 0.2) is 18.2 Å². The first kappa shape index (κ1) is 11.8. The molecule has 0 saturated carbocycles. The van der Waals surface area contributed by atoms with Gasteiger partial charge in [0.05, 0.1) is 0 Å². The molecule has 88 valence electrons. The number of rotatable bonds is 2. The summed E-state index contributed by atoms with van der Waals surface area (Å²) in [7, 11) is 0. The molecule has 2 rings (SSSR count). The largest absolute Gasteiger partial charge is 0.299 e. The summed E-state index contributed by atoms with van der Waals surface area (Å²) in [6.07, 6.45) is 1.87. The average Bonchev–Trinajstić information content (AvgIpc) is 2.25. The Kier molecular flexibility index (Phi) is 3.77. The third kappa shape index (κ3) is 2.92. The number of hydrogen-bond acceptors (Lipinski definition) is 1. The molecule has 0 radical (unpaired) electrons. The lowest BCUT2D eigenvalue weighted by molar-refractivity contribution is 0.220. The lowest BCUT2D eigenvalue weighted by atomic mass is 10.1. The van der Waals surface area contributed by atoms with Crippen LogP contribution in [0.2, 0.25) is 0 Å². The maximum Gasteiger partial charge on any atom is 0.130 e. The molecule has 1 nitrogen and oxygen atoms in total. The topological polar surface area (TPSA) is 3.24 Å². The Morgan fingerprint density at radius 2 is 1.94 bits per heavy atom. The highest BCUT2D eigenvalue weighted by Gasteiger charge is 2.18. The lowest BCUT2D eigenvalue weighted by Gasteiger charge is -2.29. The molecule has 0 bridgehead atoms. The van der Waals surface area contributed by atoms with Crippen LogP contribution in [-0.2, 0) is 6.54 Å². The maximum absolute atomic E-state index is 13.4. The molecule has 0 spiro atoms. The normalized spacial score (nSPS) is 18.9. The SMILES string of the molecule is Fc1ccc(CN2CCC(Cl)CC2)c(F)c1. The third-order valence-electron chi connectivity index (χ3n) is 2.93. The van der Waals surface area contributed by atoms with Crippen LogP contribution >= 0.6 is 11.6 Å². The summed E-state index contributed by atoms with van der Waals surface area (Å²) < 4.78 is 26.1. The van der Waals surface area contributed by atoms with Crippen LogP contribution in [0.4, 0.5) is 8.78 Å². The van der Waals surface area contributed by atoms with E-state index in [1.165, 1.54) is 12.1 Å². The van der Waals surface area contributed by atoms with Gasteiger partial charge in [0.2, 0.25) is 0 Å². The van der Waals surface area contributed by atoms with Gasteiger partial charge in [0, 0.05) is 23.6 Å². The predicted octanol–water partition coefficient (Wildman–Crippen LogP) is 3.17. The molecular weight excluding hydrogens is 232 g/mol. The Bertz CT molecular complexity index is 362. The van der Waals surface area contributed by atoms with E-state index in [9.17, 15) is 8.78 Å². The number of likely N-dealkylation sites (tertiary alicyclic amines) is 1. The van der Waals surface area contributed by atoms with Crippen molar-refractivity contribution in [3.05, 3.63) is 35.4 Å². The molecule has 0 unspecified atom stereocenters. The summed E-state index contributed by atoms with van der Waals surface area (Å²) in [5.41, 5.74) is 0.550. The first-order valence-electron chi connectivity index (χ1n) is 5.45. The minimum atomic E-state index is -0.527. The Morgan fingerprint density at radius 3 is 2.56 bits per heavy atom. The van der Waals surface area contributed by atoms with Crippen molar-refractivity contribution in [3.63, 3.8) is 0 Å². The smallest absolute Gasteiger partial charge is 0.130 e. The number of halogens is 3. The van der Waals surface area contributed by atoms with Crippen molar-refractivity contribution >= 4 is 11.6 Å². The summed E-state index contributed by atoms with van der Waals surface area (Å²) in [4.78, 5) is 2.15. The Labute approximate surface area is 99.0 Å². The first-order valence-corrected chi connectivity index (χ1v) is 5.89. The fourth-order valence-corrected chi connectivity index (χ4v) is 2.15. The summed E-state index contributed by atoms with van der Waals surface area (Å²) in [5.74, 6) is -0.992. The Morgan fingerprint density at radius 1 is 1.25 bits per heavy atom. The molecule has 1 saturated heterocycles. The van der Waals surface area contributed by atoms with E-state index in [2.05, 4.69) is 4.90 Å². The monoisotopic (exact) mass is 245 g/mol. The fraction of sp³-hybridized carbons (Fsp3) is 0.500. The molecule has 0 amide bonds. The van der Waals surface area contributed by atoms with E-state index in [0.29, 0.717) is 12.1 Å². The molecular formula is C12H14ClF2N. The van der Waals surface area contributed by atoms with E-state index in [1.807, 2.05) is 0 Å². The number of alkyl halides is 1. The quantitative estimate of drug-likeness (QED) is 0.724. The first-order chi connectivity index (χ1) is 7.65. The molecule has 1 heterocycles. The Balaban J connectivity index is 1.98. The van der Waals surface area contributed by atoms with E-state index in [-0.39, 0.29) is 5.38 Å². The predicted molar refractivity (Wildman–Crippen MR) is 60.5 cm³/mol. The van der Waals surface area contributed by atoms with Crippen molar-refractivity contribution in [2.75, 3.05) is 13.1 Å². The molecule has 1 aliphatic rings. The van der Waals surface area contributed by atoms with Crippen LogP contribution < -0.4 is 0 Å². The van der Waals surface area contributed by atoms with Gasteiger partial charge in [-0.3, -0.25) is 4.90 Å². The summed E-state index contributed by atoms with van der Waals surface area (Å²) in [6, 6.07) is 3.74. The number of hydrogen-bond donors (Lipinski definition) is 0. The highest BCUT2D eigenvalue weighted by molar-refractivity contribution is 6.20. The van der Waals surface area contributed by atoms with Crippen LogP contribution in [0.25, 0.3) is 0 Å². The van der Waals surface area contributed by atoms with Gasteiger partial charge >= 0.3 is 0 Å². The van der Waals surface area contributed by atoms with Gasteiger partial charge in [0.25, 0.3) is 0 Å². The minimum absolute atomic E-state index is 0.245. The zero-order valence-electron chi connectivity index (χ0n) is 8.93. The molecule has 1 aromatic carbocycles. The van der Waals surface area contributed by atoms with Gasteiger partial charge in [-0.1, -0.05) is 6.07 Å². The second kappa shape index (κ2) is 5.11. The van der Waals surface area contributed by atoms with E-state index >= 15 is 0 Å². The van der Waals surface area contributed by atoms with Crippen molar-refractivity contribution < 1.29 is 8.78 Å². The standard InChI is InChI=1S/C12H14ClF2N/c13-10-3-5-16(6-4-10)8-9-1-2-11(14)7-12(9)15/h1-2,7,10H,3-6,8H2. The molecule has 1 aliphatic heterocycles. The average molecular weight is 246 g/mol. The van der Waals surface area contributed by atoms with Gasteiger partial charge in [0.1, 0.15) is 11.6 Å². The summed E-state index contributed by atoms with van der Waals surface area (Å²) >= 11 is 5.99. The van der Waals surface area contributed by atoms with Crippen molar-refractivity contribution in [2.24, 2.45) is 0 Å². The van der Waals surface area contributed by atoms with Crippen LogP contribution in [0, 0.1) is 11.6 Å². The molecule has 0 aromatic heterocycles. The maximum atomic E-state index is 13.4. The lowest BCUT2D eigenvalue weighted by Crippen LogP contribution is -2.33. The second-order valence-electron chi connectivity index (χ2n) is 4.19.